The number of hydrogen-bond donors (Lipinski definition) is 2. The number of nitro groups is 2. The Labute approximate surface area is 119 Å². The van der Waals surface area contributed by atoms with Crippen molar-refractivity contribution in [2.24, 2.45) is 5.92 Å². The number of nitrogens with one attached hydrogen (secondary N) is 1. The topological polar surface area (TPSA) is 148 Å². The molecule has 1 aromatic rings. The number of carboxylic acids is 1. The lowest BCUT2D eigenvalue weighted by atomic mass is 10.0. The highest BCUT2D eigenvalue weighted by Crippen LogP contribution is 2.23. The lowest BCUT2D eigenvalue weighted by Crippen LogP contribution is -2.31. The minimum atomic E-state index is -1.17. The van der Waals surface area contributed by atoms with Gasteiger partial charge in [-0.05, 0) is 22.2 Å². The molecule has 0 aromatic carbocycles. The minimum Gasteiger partial charge on any atom is -0.480 e. The molecule has 0 aliphatic rings. The van der Waals surface area contributed by atoms with Gasteiger partial charge in [-0.3, -0.25) is 10.1 Å². The van der Waals surface area contributed by atoms with E-state index in [1.807, 2.05) is 0 Å². The average Bonchev–Trinajstić information content (AvgIpc) is 2.36. The molecule has 114 valence electrons. The Hall–Kier alpha value is -2.78. The SMILES string of the molecule is CC(C)C[C@H](Nc1cc([N+](=O)[O-])cc([N+](=O)[O-])n1)C(=O)O. The molecule has 21 heavy (non-hydrogen) atoms. The van der Waals surface area contributed by atoms with Gasteiger partial charge in [0.05, 0.1) is 11.0 Å². The van der Waals surface area contributed by atoms with Gasteiger partial charge < -0.3 is 20.5 Å². The summed E-state index contributed by atoms with van der Waals surface area (Å²) in [4.78, 5) is 34.4. The number of nitrogens with zero attached hydrogens (tertiary/aromatic N) is 3. The summed E-state index contributed by atoms with van der Waals surface area (Å²) in [7, 11) is 0. The highest BCUT2D eigenvalue weighted by molar-refractivity contribution is 5.77. The lowest BCUT2D eigenvalue weighted by Gasteiger charge is -2.15. The second-order valence-corrected chi connectivity index (χ2v) is 4.75. The van der Waals surface area contributed by atoms with Gasteiger partial charge in [0, 0.05) is 0 Å². The molecule has 0 saturated carbocycles. The standard InChI is InChI=1S/C11H14N4O6/c1-6(2)3-8(11(16)17)12-9-4-7(14(18)19)5-10(13-9)15(20)21/h4-6,8H,3H2,1-2H3,(H,12,13)(H,16,17)/t8-/m0/s1. The number of rotatable bonds is 7. The van der Waals surface area contributed by atoms with Gasteiger partial charge in [0.2, 0.25) is 5.82 Å². The molecule has 0 amide bonds. The molecule has 0 unspecified atom stereocenters. The third kappa shape index (κ3) is 4.67. The molecule has 0 aliphatic carbocycles. The molecule has 10 nitrogen and oxygen atoms in total. The highest BCUT2D eigenvalue weighted by atomic mass is 16.6. The van der Waals surface area contributed by atoms with Crippen LogP contribution in [-0.4, -0.2) is 31.9 Å². The lowest BCUT2D eigenvalue weighted by molar-refractivity contribution is -0.397. The van der Waals surface area contributed by atoms with Crippen molar-refractivity contribution in [3.05, 3.63) is 32.4 Å². The van der Waals surface area contributed by atoms with Crippen molar-refractivity contribution >= 4 is 23.3 Å². The van der Waals surface area contributed by atoms with Crippen molar-refractivity contribution in [3.63, 3.8) is 0 Å². The van der Waals surface area contributed by atoms with Crippen molar-refractivity contribution in [2.45, 2.75) is 26.3 Å². The molecular formula is C11H14N4O6. The van der Waals surface area contributed by atoms with Crippen LogP contribution in [0.3, 0.4) is 0 Å². The summed E-state index contributed by atoms with van der Waals surface area (Å²) in [6.45, 7) is 3.61. The van der Waals surface area contributed by atoms with Gasteiger partial charge >= 0.3 is 11.8 Å². The van der Waals surface area contributed by atoms with E-state index >= 15 is 0 Å². The summed E-state index contributed by atoms with van der Waals surface area (Å²) < 4.78 is 0. The van der Waals surface area contributed by atoms with Crippen LogP contribution in [0, 0.1) is 26.1 Å². The van der Waals surface area contributed by atoms with Crippen LogP contribution in [0.4, 0.5) is 17.3 Å². The summed E-state index contributed by atoms with van der Waals surface area (Å²) in [5, 5.41) is 33.0. The minimum absolute atomic E-state index is 0.0484. The van der Waals surface area contributed by atoms with Crippen LogP contribution in [0.25, 0.3) is 0 Å². The first-order valence-corrected chi connectivity index (χ1v) is 6.01. The maximum Gasteiger partial charge on any atom is 0.372 e. The Morgan fingerprint density at radius 3 is 2.38 bits per heavy atom. The highest BCUT2D eigenvalue weighted by Gasteiger charge is 2.25. The van der Waals surface area contributed by atoms with Gasteiger partial charge in [0.1, 0.15) is 12.1 Å². The largest absolute Gasteiger partial charge is 0.480 e. The fourth-order valence-electron chi connectivity index (χ4n) is 1.65. The number of carbonyl (C=O) groups is 1. The average molecular weight is 298 g/mol. The van der Waals surface area contributed by atoms with Crippen LogP contribution in [0.15, 0.2) is 12.1 Å². The van der Waals surface area contributed by atoms with Crippen molar-refractivity contribution in [1.82, 2.24) is 4.98 Å². The molecule has 0 bridgehead atoms. The second kappa shape index (κ2) is 6.59. The van der Waals surface area contributed by atoms with E-state index in [1.165, 1.54) is 0 Å². The predicted octanol–water partition coefficient (Wildman–Crippen LogP) is 1.81. The van der Waals surface area contributed by atoms with Gasteiger partial charge in [0.25, 0.3) is 5.69 Å². The maximum atomic E-state index is 11.1. The van der Waals surface area contributed by atoms with E-state index in [4.69, 9.17) is 5.11 Å². The van der Waals surface area contributed by atoms with E-state index in [9.17, 15) is 25.0 Å². The van der Waals surface area contributed by atoms with E-state index < -0.39 is 33.4 Å². The maximum absolute atomic E-state index is 11.1. The van der Waals surface area contributed by atoms with Crippen LogP contribution in [-0.2, 0) is 4.79 Å². The first-order chi connectivity index (χ1) is 9.70. The Kier molecular flexibility index (Phi) is 5.11. The fraction of sp³-hybridized carbons (Fsp3) is 0.455. The zero-order chi connectivity index (χ0) is 16.2. The van der Waals surface area contributed by atoms with Gasteiger partial charge in [-0.25, -0.2) is 4.79 Å². The van der Waals surface area contributed by atoms with Crippen LogP contribution in [0.2, 0.25) is 0 Å². The van der Waals surface area contributed by atoms with Crippen LogP contribution in [0.1, 0.15) is 20.3 Å². The van der Waals surface area contributed by atoms with E-state index in [0.717, 1.165) is 6.07 Å². The van der Waals surface area contributed by atoms with Gasteiger partial charge in [-0.2, -0.15) is 0 Å². The molecule has 1 aromatic heterocycles. The van der Waals surface area contributed by atoms with Crippen LogP contribution >= 0.6 is 0 Å². The number of aliphatic carboxylic acids is 1. The zero-order valence-electron chi connectivity index (χ0n) is 11.3. The summed E-state index contributed by atoms with van der Waals surface area (Å²) in [6, 6.07) is 0.631. The van der Waals surface area contributed by atoms with Gasteiger partial charge in [-0.15, -0.1) is 0 Å². The summed E-state index contributed by atoms with van der Waals surface area (Å²) in [6.07, 6.45) is 0.244. The van der Waals surface area contributed by atoms with Gasteiger partial charge in [0.15, 0.2) is 0 Å². The molecule has 1 rings (SSSR count). The molecule has 0 saturated heterocycles. The van der Waals surface area contributed by atoms with E-state index in [-0.39, 0.29) is 18.2 Å². The fourth-order valence-corrected chi connectivity index (χ4v) is 1.65. The predicted molar refractivity (Wildman–Crippen MR) is 72.0 cm³/mol. The van der Waals surface area contributed by atoms with Crippen LogP contribution in [0.5, 0.6) is 0 Å². The summed E-state index contributed by atoms with van der Waals surface area (Å²) in [5.74, 6) is -2.06. The molecule has 2 N–H and O–H groups in total. The molecule has 1 heterocycles. The zero-order valence-corrected chi connectivity index (χ0v) is 11.3. The Morgan fingerprint density at radius 1 is 1.33 bits per heavy atom. The molecule has 1 atom stereocenters. The Morgan fingerprint density at radius 2 is 1.95 bits per heavy atom. The van der Waals surface area contributed by atoms with E-state index in [1.54, 1.807) is 13.8 Å². The summed E-state index contributed by atoms with van der Waals surface area (Å²) >= 11 is 0. The third-order valence-corrected chi connectivity index (χ3v) is 2.52. The van der Waals surface area contributed by atoms with Gasteiger partial charge in [-0.1, -0.05) is 13.8 Å². The van der Waals surface area contributed by atoms with Crippen molar-refractivity contribution in [2.75, 3.05) is 5.32 Å². The first kappa shape index (κ1) is 16.3. The number of hydrogen-bond acceptors (Lipinski definition) is 7. The van der Waals surface area contributed by atoms with E-state index in [0.29, 0.717) is 6.07 Å². The number of aromatic nitrogens is 1. The Balaban J connectivity index is 3.13. The first-order valence-electron chi connectivity index (χ1n) is 6.01. The smallest absolute Gasteiger partial charge is 0.372 e. The van der Waals surface area contributed by atoms with E-state index in [2.05, 4.69) is 10.3 Å². The normalized spacial score (nSPS) is 12.0. The van der Waals surface area contributed by atoms with Crippen LogP contribution < -0.4 is 5.32 Å². The van der Waals surface area contributed by atoms with Crippen molar-refractivity contribution in [3.8, 4) is 0 Å². The molecule has 0 aliphatic heterocycles. The Bertz CT molecular complexity index is 542. The number of anilines is 1. The summed E-state index contributed by atoms with van der Waals surface area (Å²) in [5.41, 5.74) is -0.534. The number of carboxylic acid groups (broad SMARTS) is 1. The third-order valence-electron chi connectivity index (χ3n) is 2.52. The molecule has 0 fully saturated rings. The monoisotopic (exact) mass is 298 g/mol. The molecule has 0 radical (unpaired) electrons. The number of pyridine rings is 1. The molecular weight excluding hydrogens is 284 g/mol. The second-order valence-electron chi connectivity index (χ2n) is 4.75. The van der Waals surface area contributed by atoms with Crippen molar-refractivity contribution in [1.29, 1.82) is 0 Å². The molecule has 0 spiro atoms. The van der Waals surface area contributed by atoms with Crippen molar-refractivity contribution < 1.29 is 19.7 Å². The quantitative estimate of drug-likeness (QED) is 0.571. The molecule has 10 heteroatoms.